The van der Waals surface area contributed by atoms with Crippen LogP contribution in [-0.4, -0.2) is 35.0 Å². The van der Waals surface area contributed by atoms with E-state index in [2.05, 4.69) is 34.6 Å². The highest BCUT2D eigenvalue weighted by Gasteiger charge is 2.31. The first kappa shape index (κ1) is 18.1. The Morgan fingerprint density at radius 1 is 1.36 bits per heavy atom. The third kappa shape index (κ3) is 4.89. The van der Waals surface area contributed by atoms with Crippen LogP contribution in [0.15, 0.2) is 35.7 Å². The molecule has 0 bridgehead atoms. The van der Waals surface area contributed by atoms with E-state index in [9.17, 15) is 4.79 Å². The van der Waals surface area contributed by atoms with E-state index in [1.807, 2.05) is 24.8 Å². The predicted molar refractivity (Wildman–Crippen MR) is 101 cm³/mol. The molecule has 0 saturated carbocycles. The van der Waals surface area contributed by atoms with Gasteiger partial charge in [-0.3, -0.25) is 4.79 Å². The van der Waals surface area contributed by atoms with E-state index in [1.54, 1.807) is 11.3 Å². The molecule has 134 valence electrons. The van der Waals surface area contributed by atoms with Crippen molar-refractivity contribution in [3.05, 3.63) is 52.0 Å². The lowest BCUT2D eigenvalue weighted by Gasteiger charge is -2.38. The zero-order valence-corrected chi connectivity index (χ0v) is 15.8. The van der Waals surface area contributed by atoms with Crippen LogP contribution in [0.1, 0.15) is 36.0 Å². The Labute approximate surface area is 153 Å². The first-order valence-electron chi connectivity index (χ1n) is 9.00. The molecule has 0 spiro atoms. The van der Waals surface area contributed by atoms with Gasteiger partial charge in [0, 0.05) is 30.8 Å². The summed E-state index contributed by atoms with van der Waals surface area (Å²) in [6, 6.07) is 10.5. The lowest BCUT2D eigenvalue weighted by Crippen LogP contribution is -2.47. The highest BCUT2D eigenvalue weighted by Crippen LogP contribution is 2.26. The maximum Gasteiger partial charge on any atom is 0.222 e. The van der Waals surface area contributed by atoms with Crippen LogP contribution in [0.3, 0.4) is 0 Å². The number of benzene rings is 1. The third-order valence-electron chi connectivity index (χ3n) is 4.77. The van der Waals surface area contributed by atoms with Crippen molar-refractivity contribution >= 4 is 17.2 Å². The second-order valence-corrected chi connectivity index (χ2v) is 7.70. The van der Waals surface area contributed by atoms with Crippen molar-refractivity contribution in [2.75, 3.05) is 13.1 Å². The van der Waals surface area contributed by atoms with Gasteiger partial charge in [-0.05, 0) is 25.3 Å². The Hall–Kier alpha value is -1.72. The average molecular weight is 359 g/mol. The molecule has 4 nitrogen and oxygen atoms in total. The molecule has 1 saturated heterocycles. The molecule has 2 aromatic rings. The van der Waals surface area contributed by atoms with Gasteiger partial charge in [0.1, 0.15) is 0 Å². The number of hydrogen-bond donors (Lipinski definition) is 0. The van der Waals surface area contributed by atoms with Gasteiger partial charge in [-0.1, -0.05) is 37.3 Å². The smallest absolute Gasteiger partial charge is 0.222 e. The van der Waals surface area contributed by atoms with E-state index in [1.165, 1.54) is 5.56 Å². The molecule has 1 fully saturated rings. The standard InChI is InChI=1S/C20H26N2O2S/c1-3-20(23)22-10-9-19(24-13-18-14-25-15(2)21-18)17(12-22)11-16-7-5-4-6-8-16/h4-8,14,17,19H,3,9-13H2,1-2H3/t17-,19-/m1/s1. The quantitative estimate of drug-likeness (QED) is 0.788. The minimum atomic E-state index is 0.170. The molecule has 1 amide bonds. The number of nitrogens with zero attached hydrogens (tertiary/aromatic N) is 2. The molecular formula is C20H26N2O2S. The van der Waals surface area contributed by atoms with Crippen molar-refractivity contribution in [1.82, 2.24) is 9.88 Å². The second-order valence-electron chi connectivity index (χ2n) is 6.64. The van der Waals surface area contributed by atoms with Crippen LogP contribution < -0.4 is 0 Å². The van der Waals surface area contributed by atoms with E-state index >= 15 is 0 Å². The van der Waals surface area contributed by atoms with E-state index in [-0.39, 0.29) is 12.0 Å². The molecule has 1 aliphatic rings. The molecule has 1 aliphatic heterocycles. The Bertz CT molecular complexity index is 686. The summed E-state index contributed by atoms with van der Waals surface area (Å²) in [6.45, 7) is 6.08. The zero-order chi connectivity index (χ0) is 17.6. The number of hydrogen-bond acceptors (Lipinski definition) is 4. The van der Waals surface area contributed by atoms with Gasteiger partial charge in [0.2, 0.25) is 5.91 Å². The molecule has 0 aliphatic carbocycles. The molecular weight excluding hydrogens is 332 g/mol. The summed E-state index contributed by atoms with van der Waals surface area (Å²) < 4.78 is 6.24. The SMILES string of the molecule is CCC(=O)N1CC[C@@H](OCc2csc(C)n2)[C@H](Cc2ccccc2)C1. The number of piperidine rings is 1. The van der Waals surface area contributed by atoms with Crippen LogP contribution in [0.25, 0.3) is 0 Å². The predicted octanol–water partition coefficient (Wildman–Crippen LogP) is 3.84. The van der Waals surface area contributed by atoms with E-state index < -0.39 is 0 Å². The summed E-state index contributed by atoms with van der Waals surface area (Å²) in [5.41, 5.74) is 2.31. The first-order chi connectivity index (χ1) is 12.2. The minimum absolute atomic E-state index is 0.170. The number of thiazole rings is 1. The normalized spacial score (nSPS) is 20.6. The number of aromatic nitrogens is 1. The lowest BCUT2D eigenvalue weighted by molar-refractivity contribution is -0.136. The van der Waals surface area contributed by atoms with Crippen LogP contribution in [-0.2, 0) is 22.6 Å². The Morgan fingerprint density at radius 3 is 2.84 bits per heavy atom. The molecule has 2 heterocycles. The fourth-order valence-corrected chi connectivity index (χ4v) is 4.06. The molecule has 1 aromatic heterocycles. The van der Waals surface area contributed by atoms with Gasteiger partial charge in [0.25, 0.3) is 0 Å². The van der Waals surface area contributed by atoms with Crippen molar-refractivity contribution in [3.63, 3.8) is 0 Å². The van der Waals surface area contributed by atoms with Gasteiger partial charge in [0.05, 0.1) is 23.4 Å². The number of aryl methyl sites for hydroxylation is 1. The molecule has 0 N–H and O–H groups in total. The summed E-state index contributed by atoms with van der Waals surface area (Å²) in [7, 11) is 0. The zero-order valence-electron chi connectivity index (χ0n) is 15.0. The van der Waals surface area contributed by atoms with Crippen LogP contribution >= 0.6 is 11.3 Å². The van der Waals surface area contributed by atoms with Gasteiger partial charge in [-0.25, -0.2) is 4.98 Å². The van der Waals surface area contributed by atoms with Gasteiger partial charge in [-0.2, -0.15) is 0 Å². The molecule has 0 radical (unpaired) electrons. The van der Waals surface area contributed by atoms with E-state index in [0.29, 0.717) is 18.9 Å². The van der Waals surface area contributed by atoms with Gasteiger partial charge < -0.3 is 9.64 Å². The van der Waals surface area contributed by atoms with Crippen molar-refractivity contribution in [3.8, 4) is 0 Å². The van der Waals surface area contributed by atoms with Crippen LogP contribution in [0.2, 0.25) is 0 Å². The maximum absolute atomic E-state index is 12.1. The molecule has 3 rings (SSSR count). The maximum atomic E-state index is 12.1. The summed E-state index contributed by atoms with van der Waals surface area (Å²) in [5, 5.41) is 3.14. The van der Waals surface area contributed by atoms with Crippen LogP contribution in [0.5, 0.6) is 0 Å². The number of amides is 1. The molecule has 5 heteroatoms. The van der Waals surface area contributed by atoms with Crippen LogP contribution in [0, 0.1) is 12.8 Å². The fraction of sp³-hybridized carbons (Fsp3) is 0.500. The van der Waals surface area contributed by atoms with E-state index in [4.69, 9.17) is 4.74 Å². The highest BCUT2D eigenvalue weighted by molar-refractivity contribution is 7.09. The minimum Gasteiger partial charge on any atom is -0.371 e. The van der Waals surface area contributed by atoms with Crippen molar-refractivity contribution in [1.29, 1.82) is 0 Å². The Balaban J connectivity index is 1.67. The van der Waals surface area contributed by atoms with Crippen molar-refractivity contribution < 1.29 is 9.53 Å². The monoisotopic (exact) mass is 358 g/mol. The summed E-state index contributed by atoms with van der Waals surface area (Å²) in [5.74, 6) is 0.568. The molecule has 2 atom stereocenters. The lowest BCUT2D eigenvalue weighted by atomic mass is 9.88. The largest absolute Gasteiger partial charge is 0.371 e. The van der Waals surface area contributed by atoms with E-state index in [0.717, 1.165) is 36.6 Å². The summed E-state index contributed by atoms with van der Waals surface area (Å²) in [6.07, 6.45) is 2.58. The van der Waals surface area contributed by atoms with Crippen molar-refractivity contribution in [2.24, 2.45) is 5.92 Å². The highest BCUT2D eigenvalue weighted by atomic mass is 32.1. The summed E-state index contributed by atoms with van der Waals surface area (Å²) >= 11 is 1.66. The number of carbonyl (C=O) groups is 1. The first-order valence-corrected chi connectivity index (χ1v) is 9.88. The Kier molecular flexibility index (Phi) is 6.21. The van der Waals surface area contributed by atoms with Crippen LogP contribution in [0.4, 0.5) is 0 Å². The number of ether oxygens (including phenoxy) is 1. The number of rotatable bonds is 6. The topological polar surface area (TPSA) is 42.4 Å². The third-order valence-corrected chi connectivity index (χ3v) is 5.59. The van der Waals surface area contributed by atoms with Gasteiger partial charge in [-0.15, -0.1) is 11.3 Å². The van der Waals surface area contributed by atoms with Crippen molar-refractivity contribution in [2.45, 2.75) is 45.8 Å². The number of likely N-dealkylation sites (tertiary alicyclic amines) is 1. The molecule has 1 aromatic carbocycles. The average Bonchev–Trinajstić information content (AvgIpc) is 3.06. The number of carbonyl (C=O) groups excluding carboxylic acids is 1. The molecule has 0 unspecified atom stereocenters. The summed E-state index contributed by atoms with van der Waals surface area (Å²) in [4.78, 5) is 18.6. The van der Waals surface area contributed by atoms with Gasteiger partial charge in [0.15, 0.2) is 0 Å². The fourth-order valence-electron chi connectivity index (χ4n) is 3.46. The second kappa shape index (κ2) is 8.59. The van der Waals surface area contributed by atoms with Gasteiger partial charge >= 0.3 is 0 Å². The Morgan fingerprint density at radius 2 is 2.16 bits per heavy atom. The molecule has 25 heavy (non-hydrogen) atoms.